The monoisotopic (exact) mass is 383 g/mol. The molecule has 0 unspecified atom stereocenters. The summed E-state index contributed by atoms with van der Waals surface area (Å²) in [6, 6.07) is 23.5. The Kier molecular flexibility index (Phi) is 5.62. The molecule has 0 aliphatic carbocycles. The number of hydrogen-bond acceptors (Lipinski definition) is 6. The number of anilines is 3. The first-order valence-corrected chi connectivity index (χ1v) is 9.28. The summed E-state index contributed by atoms with van der Waals surface area (Å²) in [5.74, 6) is 2.91. The highest BCUT2D eigenvalue weighted by atomic mass is 16.5. The Morgan fingerprint density at radius 1 is 0.828 bits per heavy atom. The third-order valence-corrected chi connectivity index (χ3v) is 4.34. The molecule has 6 nitrogen and oxygen atoms in total. The number of pyridine rings is 1. The van der Waals surface area contributed by atoms with Gasteiger partial charge in [0.2, 0.25) is 0 Å². The molecule has 0 saturated heterocycles. The summed E-state index contributed by atoms with van der Waals surface area (Å²) >= 11 is 0. The van der Waals surface area contributed by atoms with Gasteiger partial charge >= 0.3 is 0 Å². The molecule has 4 rings (SSSR count). The van der Waals surface area contributed by atoms with Crippen molar-refractivity contribution >= 4 is 17.3 Å². The van der Waals surface area contributed by atoms with Gasteiger partial charge in [0.25, 0.3) is 0 Å². The minimum absolute atomic E-state index is 0.649. The Bertz CT molecular complexity index is 1050. The maximum Gasteiger partial charge on any atom is 0.163 e. The van der Waals surface area contributed by atoms with Crippen LogP contribution in [0.3, 0.4) is 0 Å². The van der Waals surface area contributed by atoms with Crippen molar-refractivity contribution in [1.82, 2.24) is 15.0 Å². The molecule has 144 valence electrons. The van der Waals surface area contributed by atoms with Gasteiger partial charge in [-0.15, -0.1) is 0 Å². The predicted octanol–water partition coefficient (Wildman–Crippen LogP) is 4.90. The average molecular weight is 383 g/mol. The molecule has 0 atom stereocenters. The maximum atomic E-state index is 5.22. The molecule has 0 spiro atoms. The molecule has 2 aromatic carbocycles. The minimum atomic E-state index is 0.649. The molecule has 2 N–H and O–H groups in total. The van der Waals surface area contributed by atoms with Gasteiger partial charge in [-0.3, -0.25) is 4.98 Å². The first-order valence-electron chi connectivity index (χ1n) is 9.28. The quantitative estimate of drug-likeness (QED) is 0.473. The van der Waals surface area contributed by atoms with Crippen molar-refractivity contribution < 1.29 is 4.74 Å². The van der Waals surface area contributed by atoms with Gasteiger partial charge in [0.1, 0.15) is 17.4 Å². The van der Waals surface area contributed by atoms with Crippen LogP contribution in [0.15, 0.2) is 85.2 Å². The molecule has 0 saturated carbocycles. The van der Waals surface area contributed by atoms with E-state index in [9.17, 15) is 0 Å². The van der Waals surface area contributed by atoms with E-state index in [4.69, 9.17) is 9.72 Å². The van der Waals surface area contributed by atoms with Crippen LogP contribution in [0.1, 0.15) is 5.56 Å². The second-order valence-corrected chi connectivity index (χ2v) is 6.39. The Balaban J connectivity index is 1.62. The number of ether oxygens (including phenoxy) is 1. The second-order valence-electron chi connectivity index (χ2n) is 6.39. The molecule has 0 aliphatic rings. The molecular formula is C23H21N5O. The predicted molar refractivity (Wildman–Crippen MR) is 115 cm³/mol. The van der Waals surface area contributed by atoms with Crippen molar-refractivity contribution in [3.63, 3.8) is 0 Å². The van der Waals surface area contributed by atoms with Gasteiger partial charge in [0.05, 0.1) is 7.11 Å². The molecule has 2 aromatic heterocycles. The zero-order chi connectivity index (χ0) is 19.9. The first kappa shape index (κ1) is 18.4. The normalized spacial score (nSPS) is 10.4. The largest absolute Gasteiger partial charge is 0.497 e. The molecule has 29 heavy (non-hydrogen) atoms. The number of aromatic nitrogens is 3. The number of nitrogens with zero attached hydrogens (tertiary/aromatic N) is 3. The van der Waals surface area contributed by atoms with E-state index in [2.05, 4.69) is 20.6 Å². The number of benzene rings is 2. The maximum absolute atomic E-state index is 5.22. The lowest BCUT2D eigenvalue weighted by atomic mass is 10.2. The van der Waals surface area contributed by atoms with Crippen LogP contribution in [-0.4, -0.2) is 22.1 Å². The fourth-order valence-corrected chi connectivity index (χ4v) is 2.83. The topological polar surface area (TPSA) is 72.0 Å². The van der Waals surface area contributed by atoms with E-state index < -0.39 is 0 Å². The summed E-state index contributed by atoms with van der Waals surface area (Å²) in [6.45, 7) is 0.649. The summed E-state index contributed by atoms with van der Waals surface area (Å²) in [5, 5.41) is 6.72. The summed E-state index contributed by atoms with van der Waals surface area (Å²) in [7, 11) is 1.65. The van der Waals surface area contributed by atoms with Crippen LogP contribution in [0.2, 0.25) is 0 Å². The molecular weight excluding hydrogens is 362 g/mol. The molecule has 4 aromatic rings. The highest BCUT2D eigenvalue weighted by Crippen LogP contribution is 2.24. The third-order valence-electron chi connectivity index (χ3n) is 4.34. The van der Waals surface area contributed by atoms with Crippen molar-refractivity contribution in [3.8, 4) is 17.1 Å². The van der Waals surface area contributed by atoms with Gasteiger partial charge in [-0.2, -0.15) is 0 Å². The van der Waals surface area contributed by atoms with Gasteiger partial charge in [0, 0.05) is 36.3 Å². The van der Waals surface area contributed by atoms with E-state index in [1.807, 2.05) is 72.8 Å². The summed E-state index contributed by atoms with van der Waals surface area (Å²) in [5.41, 5.74) is 3.01. The van der Waals surface area contributed by atoms with E-state index in [-0.39, 0.29) is 0 Å². The highest BCUT2D eigenvalue weighted by Gasteiger charge is 2.08. The zero-order valence-electron chi connectivity index (χ0n) is 16.0. The van der Waals surface area contributed by atoms with Crippen LogP contribution in [0.4, 0.5) is 17.3 Å². The van der Waals surface area contributed by atoms with Crippen LogP contribution < -0.4 is 15.4 Å². The number of rotatable bonds is 7. The Morgan fingerprint density at radius 2 is 1.55 bits per heavy atom. The summed E-state index contributed by atoms with van der Waals surface area (Å²) in [6.07, 6.45) is 3.56. The Hall–Kier alpha value is -3.93. The third kappa shape index (κ3) is 4.87. The van der Waals surface area contributed by atoms with Gasteiger partial charge in [-0.05, 0) is 42.0 Å². The highest BCUT2D eigenvalue weighted by molar-refractivity contribution is 5.65. The fraction of sp³-hybridized carbons (Fsp3) is 0.0870. The van der Waals surface area contributed by atoms with Crippen molar-refractivity contribution in [2.75, 3.05) is 17.7 Å². The van der Waals surface area contributed by atoms with E-state index >= 15 is 0 Å². The molecule has 2 heterocycles. The Labute approximate surface area is 169 Å². The van der Waals surface area contributed by atoms with E-state index in [1.165, 1.54) is 0 Å². The average Bonchev–Trinajstić information content (AvgIpc) is 2.79. The van der Waals surface area contributed by atoms with E-state index in [1.54, 1.807) is 19.5 Å². The second kappa shape index (κ2) is 8.84. The molecule has 0 amide bonds. The summed E-state index contributed by atoms with van der Waals surface area (Å²) < 4.78 is 5.22. The van der Waals surface area contributed by atoms with Gasteiger partial charge < -0.3 is 15.4 Å². The van der Waals surface area contributed by atoms with Crippen LogP contribution in [-0.2, 0) is 6.54 Å². The van der Waals surface area contributed by atoms with Crippen LogP contribution in [0.5, 0.6) is 5.75 Å². The lowest BCUT2D eigenvalue weighted by Gasteiger charge is -2.12. The molecule has 0 bridgehead atoms. The molecule has 6 heteroatoms. The molecule has 0 aliphatic heterocycles. The first-order chi connectivity index (χ1) is 14.3. The number of nitrogens with one attached hydrogen (secondary N) is 2. The smallest absolute Gasteiger partial charge is 0.163 e. The van der Waals surface area contributed by atoms with Gasteiger partial charge in [-0.25, -0.2) is 9.97 Å². The lowest BCUT2D eigenvalue weighted by molar-refractivity contribution is 0.415. The SMILES string of the molecule is COc1ccc(Nc2cc(NCc3ccncc3)nc(-c3ccccc3)n2)cc1. The Morgan fingerprint density at radius 3 is 2.28 bits per heavy atom. The van der Waals surface area contributed by atoms with Crippen molar-refractivity contribution in [1.29, 1.82) is 0 Å². The zero-order valence-corrected chi connectivity index (χ0v) is 16.0. The van der Waals surface area contributed by atoms with Crippen LogP contribution in [0.25, 0.3) is 11.4 Å². The van der Waals surface area contributed by atoms with Crippen LogP contribution >= 0.6 is 0 Å². The van der Waals surface area contributed by atoms with E-state index in [0.717, 1.165) is 28.4 Å². The number of methoxy groups -OCH3 is 1. The van der Waals surface area contributed by atoms with Crippen molar-refractivity contribution in [2.45, 2.75) is 6.54 Å². The molecule has 0 fully saturated rings. The fourth-order valence-electron chi connectivity index (χ4n) is 2.83. The van der Waals surface area contributed by atoms with Crippen molar-refractivity contribution in [2.24, 2.45) is 0 Å². The van der Waals surface area contributed by atoms with Gasteiger partial charge in [-0.1, -0.05) is 30.3 Å². The molecule has 0 radical (unpaired) electrons. The van der Waals surface area contributed by atoms with Crippen molar-refractivity contribution in [3.05, 3.63) is 90.8 Å². The minimum Gasteiger partial charge on any atom is -0.497 e. The standard InChI is InChI=1S/C23H21N5O/c1-29-20-9-7-19(8-10-20)26-22-15-21(25-16-17-11-13-24-14-12-17)27-23(28-22)18-5-3-2-4-6-18/h2-15H,16H2,1H3,(H2,25,26,27,28). The van der Waals surface area contributed by atoms with E-state index in [0.29, 0.717) is 18.2 Å². The lowest BCUT2D eigenvalue weighted by Crippen LogP contribution is -2.05. The van der Waals surface area contributed by atoms with Gasteiger partial charge in [0.15, 0.2) is 5.82 Å². The van der Waals surface area contributed by atoms with Crippen LogP contribution in [0, 0.1) is 0 Å². The summed E-state index contributed by atoms with van der Waals surface area (Å²) in [4.78, 5) is 13.4. The number of hydrogen-bond donors (Lipinski definition) is 2.